The lowest BCUT2D eigenvalue weighted by molar-refractivity contribution is 0.0762. The van der Waals surface area contributed by atoms with Crippen LogP contribution in [-0.4, -0.2) is 23.9 Å². The van der Waals surface area contributed by atoms with Crippen LogP contribution in [-0.2, 0) is 0 Å². The molecule has 0 unspecified atom stereocenters. The molecular formula is C13H17Cl2NO. The molecule has 1 amide bonds. The van der Waals surface area contributed by atoms with Gasteiger partial charge in [0.25, 0.3) is 5.91 Å². The van der Waals surface area contributed by atoms with Crippen LogP contribution in [0, 0.1) is 0 Å². The van der Waals surface area contributed by atoms with Crippen LogP contribution in [0.4, 0.5) is 0 Å². The Morgan fingerprint density at radius 3 is 2.53 bits per heavy atom. The van der Waals surface area contributed by atoms with E-state index in [0.29, 0.717) is 22.2 Å². The van der Waals surface area contributed by atoms with Crippen molar-refractivity contribution in [3.05, 3.63) is 33.8 Å². The van der Waals surface area contributed by atoms with Gasteiger partial charge in [0.15, 0.2) is 0 Å². The quantitative estimate of drug-likeness (QED) is 0.785. The van der Waals surface area contributed by atoms with Crippen molar-refractivity contribution in [2.45, 2.75) is 26.7 Å². The van der Waals surface area contributed by atoms with E-state index in [1.54, 1.807) is 23.1 Å². The number of carbonyl (C=O) groups excluding carboxylic acids is 1. The SMILES string of the molecule is CCCCN(CC)C(=O)c1ccc(Cl)cc1Cl. The van der Waals surface area contributed by atoms with E-state index in [1.165, 1.54) is 0 Å². The Bertz CT molecular complexity index is 393. The fraction of sp³-hybridized carbons (Fsp3) is 0.462. The predicted molar refractivity (Wildman–Crippen MR) is 72.9 cm³/mol. The number of halogens is 2. The minimum atomic E-state index is -0.0254. The summed E-state index contributed by atoms with van der Waals surface area (Å²) < 4.78 is 0. The molecule has 0 radical (unpaired) electrons. The summed E-state index contributed by atoms with van der Waals surface area (Å²) in [4.78, 5) is 14.0. The van der Waals surface area contributed by atoms with Gasteiger partial charge in [0.2, 0.25) is 0 Å². The third-order valence-corrected chi connectivity index (χ3v) is 3.16. The van der Waals surface area contributed by atoms with Crippen LogP contribution in [0.1, 0.15) is 37.0 Å². The molecule has 1 rings (SSSR count). The van der Waals surface area contributed by atoms with Gasteiger partial charge in [-0.05, 0) is 31.5 Å². The van der Waals surface area contributed by atoms with Crippen molar-refractivity contribution in [1.82, 2.24) is 4.90 Å². The van der Waals surface area contributed by atoms with E-state index in [2.05, 4.69) is 6.92 Å². The molecule has 17 heavy (non-hydrogen) atoms. The van der Waals surface area contributed by atoms with E-state index in [0.717, 1.165) is 19.4 Å². The van der Waals surface area contributed by atoms with Gasteiger partial charge in [-0.2, -0.15) is 0 Å². The number of amides is 1. The van der Waals surface area contributed by atoms with E-state index in [9.17, 15) is 4.79 Å². The average Bonchev–Trinajstić information content (AvgIpc) is 2.29. The average molecular weight is 274 g/mol. The molecule has 0 aromatic heterocycles. The Morgan fingerprint density at radius 1 is 1.29 bits per heavy atom. The minimum absolute atomic E-state index is 0.0254. The van der Waals surface area contributed by atoms with Crippen LogP contribution in [0.3, 0.4) is 0 Å². The second kappa shape index (κ2) is 6.87. The van der Waals surface area contributed by atoms with Gasteiger partial charge < -0.3 is 4.90 Å². The van der Waals surface area contributed by atoms with Gasteiger partial charge in [0.05, 0.1) is 10.6 Å². The molecule has 0 saturated heterocycles. The first-order valence-corrected chi connectivity index (χ1v) is 6.60. The van der Waals surface area contributed by atoms with Crippen LogP contribution >= 0.6 is 23.2 Å². The molecule has 0 fully saturated rings. The van der Waals surface area contributed by atoms with Crippen molar-refractivity contribution in [2.24, 2.45) is 0 Å². The molecule has 0 saturated carbocycles. The molecule has 1 aromatic carbocycles. The first-order valence-electron chi connectivity index (χ1n) is 5.84. The topological polar surface area (TPSA) is 20.3 Å². The Kier molecular flexibility index (Phi) is 5.79. The molecule has 0 heterocycles. The summed E-state index contributed by atoms with van der Waals surface area (Å²) in [5, 5.41) is 0.959. The van der Waals surface area contributed by atoms with Gasteiger partial charge in [0, 0.05) is 18.1 Å². The van der Waals surface area contributed by atoms with Crippen LogP contribution in [0.2, 0.25) is 10.0 Å². The van der Waals surface area contributed by atoms with Gasteiger partial charge >= 0.3 is 0 Å². The summed E-state index contributed by atoms with van der Waals surface area (Å²) in [5.74, 6) is -0.0254. The number of unbranched alkanes of at least 4 members (excludes halogenated alkanes) is 1. The van der Waals surface area contributed by atoms with Crippen molar-refractivity contribution in [3.8, 4) is 0 Å². The van der Waals surface area contributed by atoms with E-state index in [4.69, 9.17) is 23.2 Å². The maximum Gasteiger partial charge on any atom is 0.255 e. The van der Waals surface area contributed by atoms with Gasteiger partial charge in [0.1, 0.15) is 0 Å². The lowest BCUT2D eigenvalue weighted by Crippen LogP contribution is -2.31. The third-order valence-electron chi connectivity index (χ3n) is 2.61. The predicted octanol–water partition coefficient (Wildman–Crippen LogP) is 4.26. The van der Waals surface area contributed by atoms with E-state index in [-0.39, 0.29) is 5.91 Å². The van der Waals surface area contributed by atoms with E-state index < -0.39 is 0 Å². The molecule has 0 bridgehead atoms. The third kappa shape index (κ3) is 3.90. The normalized spacial score (nSPS) is 10.4. The fourth-order valence-electron chi connectivity index (χ4n) is 1.59. The van der Waals surface area contributed by atoms with Crippen molar-refractivity contribution in [1.29, 1.82) is 0 Å². The zero-order chi connectivity index (χ0) is 12.8. The van der Waals surface area contributed by atoms with Crippen molar-refractivity contribution >= 4 is 29.1 Å². The summed E-state index contributed by atoms with van der Waals surface area (Å²) in [5.41, 5.74) is 0.522. The van der Waals surface area contributed by atoms with Gasteiger partial charge in [-0.1, -0.05) is 36.5 Å². The Labute approximate surface area is 113 Å². The highest BCUT2D eigenvalue weighted by molar-refractivity contribution is 6.36. The standard InChI is InChI=1S/C13H17Cl2NO/c1-3-5-8-16(4-2)13(17)11-7-6-10(14)9-12(11)15/h6-7,9H,3-5,8H2,1-2H3. The second-order valence-corrected chi connectivity index (χ2v) is 4.71. The molecular weight excluding hydrogens is 257 g/mol. The molecule has 94 valence electrons. The summed E-state index contributed by atoms with van der Waals surface area (Å²) in [6.45, 7) is 5.54. The Balaban J connectivity index is 2.86. The van der Waals surface area contributed by atoms with Crippen LogP contribution < -0.4 is 0 Å². The zero-order valence-electron chi connectivity index (χ0n) is 10.2. The lowest BCUT2D eigenvalue weighted by atomic mass is 10.2. The van der Waals surface area contributed by atoms with Crippen LogP contribution in [0.15, 0.2) is 18.2 Å². The maximum absolute atomic E-state index is 12.2. The second-order valence-electron chi connectivity index (χ2n) is 3.86. The highest BCUT2D eigenvalue weighted by Crippen LogP contribution is 2.22. The van der Waals surface area contributed by atoms with E-state index >= 15 is 0 Å². The summed E-state index contributed by atoms with van der Waals surface area (Å²) in [7, 11) is 0. The zero-order valence-corrected chi connectivity index (χ0v) is 11.7. The van der Waals surface area contributed by atoms with Gasteiger partial charge in [-0.15, -0.1) is 0 Å². The van der Waals surface area contributed by atoms with Gasteiger partial charge in [-0.3, -0.25) is 4.79 Å². The van der Waals surface area contributed by atoms with Crippen LogP contribution in [0.5, 0.6) is 0 Å². The van der Waals surface area contributed by atoms with Crippen LogP contribution in [0.25, 0.3) is 0 Å². The molecule has 0 aliphatic heterocycles. The number of carbonyl (C=O) groups is 1. The fourth-order valence-corrected chi connectivity index (χ4v) is 2.07. The smallest absolute Gasteiger partial charge is 0.255 e. The number of nitrogens with zero attached hydrogens (tertiary/aromatic N) is 1. The Morgan fingerprint density at radius 2 is 2.00 bits per heavy atom. The largest absolute Gasteiger partial charge is 0.339 e. The number of rotatable bonds is 5. The summed E-state index contributed by atoms with van der Waals surface area (Å²) in [6, 6.07) is 4.97. The highest BCUT2D eigenvalue weighted by atomic mass is 35.5. The first-order chi connectivity index (χ1) is 8.10. The van der Waals surface area contributed by atoms with E-state index in [1.807, 2.05) is 6.92 Å². The van der Waals surface area contributed by atoms with Crippen molar-refractivity contribution in [3.63, 3.8) is 0 Å². The molecule has 0 atom stereocenters. The number of benzene rings is 1. The molecule has 0 spiro atoms. The first kappa shape index (κ1) is 14.3. The van der Waals surface area contributed by atoms with Crippen molar-refractivity contribution < 1.29 is 4.79 Å². The molecule has 4 heteroatoms. The highest BCUT2D eigenvalue weighted by Gasteiger charge is 2.16. The summed E-state index contributed by atoms with van der Waals surface area (Å²) in [6.07, 6.45) is 2.07. The molecule has 1 aromatic rings. The summed E-state index contributed by atoms with van der Waals surface area (Å²) >= 11 is 11.8. The molecule has 0 aliphatic rings. The maximum atomic E-state index is 12.2. The molecule has 0 N–H and O–H groups in total. The Hall–Kier alpha value is -0.730. The number of hydrogen-bond acceptors (Lipinski definition) is 1. The number of hydrogen-bond donors (Lipinski definition) is 0. The monoisotopic (exact) mass is 273 g/mol. The molecule has 2 nitrogen and oxygen atoms in total. The van der Waals surface area contributed by atoms with Gasteiger partial charge in [-0.25, -0.2) is 0 Å². The molecule has 0 aliphatic carbocycles. The minimum Gasteiger partial charge on any atom is -0.339 e. The lowest BCUT2D eigenvalue weighted by Gasteiger charge is -2.21. The van der Waals surface area contributed by atoms with Crippen molar-refractivity contribution in [2.75, 3.05) is 13.1 Å².